The van der Waals surface area contributed by atoms with Crippen molar-refractivity contribution in [3.8, 4) is 0 Å². The number of halogens is 1. The lowest BCUT2D eigenvalue weighted by molar-refractivity contribution is 0.415. The number of furan rings is 1. The van der Waals surface area contributed by atoms with Gasteiger partial charge in [-0.3, -0.25) is 4.68 Å². The molecule has 0 spiro atoms. The molecule has 2 rings (SSSR count). The second kappa shape index (κ2) is 5.16. The van der Waals surface area contributed by atoms with Gasteiger partial charge in [0.1, 0.15) is 17.6 Å². The molecule has 0 saturated heterocycles. The van der Waals surface area contributed by atoms with Crippen LogP contribution >= 0.6 is 11.6 Å². The fraction of sp³-hybridized carbons (Fsp3) is 0.462. The molecule has 0 aliphatic carbocycles. The zero-order valence-corrected chi connectivity index (χ0v) is 11.8. The fourth-order valence-corrected chi connectivity index (χ4v) is 2.29. The number of rotatable bonds is 4. The van der Waals surface area contributed by atoms with Crippen molar-refractivity contribution < 1.29 is 4.42 Å². The number of hydrogen-bond donors (Lipinski definition) is 1. The summed E-state index contributed by atoms with van der Waals surface area (Å²) in [6.07, 6.45) is 1.68. The van der Waals surface area contributed by atoms with E-state index >= 15 is 0 Å². The smallest absolute Gasteiger partial charge is 0.127 e. The van der Waals surface area contributed by atoms with Crippen molar-refractivity contribution in [2.75, 3.05) is 7.05 Å². The van der Waals surface area contributed by atoms with E-state index in [4.69, 9.17) is 16.0 Å². The van der Waals surface area contributed by atoms with Crippen molar-refractivity contribution in [3.05, 3.63) is 40.6 Å². The van der Waals surface area contributed by atoms with E-state index in [1.165, 1.54) is 0 Å². The summed E-state index contributed by atoms with van der Waals surface area (Å²) in [6.45, 7) is 6.08. The maximum atomic E-state index is 6.25. The largest absolute Gasteiger partial charge is 0.464 e. The quantitative estimate of drug-likeness (QED) is 0.924. The molecule has 2 heterocycles. The molecule has 0 bridgehead atoms. The van der Waals surface area contributed by atoms with Crippen molar-refractivity contribution >= 4 is 11.6 Å². The van der Waals surface area contributed by atoms with E-state index in [0.717, 1.165) is 17.2 Å². The number of nitrogens with one attached hydrogen (secondary N) is 1. The highest BCUT2D eigenvalue weighted by atomic mass is 35.5. The van der Waals surface area contributed by atoms with Crippen LogP contribution in [-0.4, -0.2) is 16.8 Å². The first-order valence-electron chi connectivity index (χ1n) is 6.01. The first-order chi connectivity index (χ1) is 8.54. The van der Waals surface area contributed by atoms with Gasteiger partial charge in [0.05, 0.1) is 16.9 Å². The topological polar surface area (TPSA) is 43.0 Å². The zero-order chi connectivity index (χ0) is 13.3. The molecule has 0 saturated carbocycles. The number of nitrogens with zero attached hydrogens (tertiary/aromatic N) is 2. The van der Waals surface area contributed by atoms with Gasteiger partial charge in [0, 0.05) is 6.04 Å². The zero-order valence-electron chi connectivity index (χ0n) is 11.1. The van der Waals surface area contributed by atoms with E-state index < -0.39 is 0 Å². The first kappa shape index (κ1) is 13.2. The maximum Gasteiger partial charge on any atom is 0.127 e. The van der Waals surface area contributed by atoms with Gasteiger partial charge in [-0.25, -0.2) is 0 Å². The van der Waals surface area contributed by atoms with Crippen LogP contribution in [0.5, 0.6) is 0 Å². The summed E-state index contributed by atoms with van der Waals surface area (Å²) < 4.78 is 7.61. The Balaban J connectivity index is 2.47. The van der Waals surface area contributed by atoms with Crippen LogP contribution in [0.3, 0.4) is 0 Å². The van der Waals surface area contributed by atoms with Gasteiger partial charge in [-0.05, 0) is 40.0 Å². The Morgan fingerprint density at radius 1 is 1.39 bits per heavy atom. The summed E-state index contributed by atoms with van der Waals surface area (Å²) in [6, 6.07) is 4.07. The minimum atomic E-state index is -0.0869. The summed E-state index contributed by atoms with van der Waals surface area (Å²) in [4.78, 5) is 0. The Labute approximate surface area is 112 Å². The van der Waals surface area contributed by atoms with Crippen molar-refractivity contribution in [2.45, 2.75) is 32.9 Å². The number of aromatic nitrogens is 2. The molecule has 1 N–H and O–H groups in total. The molecule has 0 aliphatic rings. The Kier molecular flexibility index (Phi) is 3.78. The predicted molar refractivity (Wildman–Crippen MR) is 72.0 cm³/mol. The monoisotopic (exact) mass is 267 g/mol. The summed E-state index contributed by atoms with van der Waals surface area (Å²) >= 11 is 6.25. The minimum absolute atomic E-state index is 0.0869. The SMILES string of the molecule is CNC(c1ccc(C)o1)c1c(Cl)cnn1C(C)C. The van der Waals surface area contributed by atoms with Crippen LogP contribution in [0.1, 0.15) is 43.1 Å². The lowest BCUT2D eigenvalue weighted by atomic mass is 10.1. The molecule has 1 atom stereocenters. The van der Waals surface area contributed by atoms with Gasteiger partial charge < -0.3 is 9.73 Å². The molecule has 2 aromatic heterocycles. The van der Waals surface area contributed by atoms with E-state index in [-0.39, 0.29) is 12.1 Å². The highest BCUT2D eigenvalue weighted by molar-refractivity contribution is 6.31. The van der Waals surface area contributed by atoms with Gasteiger partial charge >= 0.3 is 0 Å². The Morgan fingerprint density at radius 3 is 2.61 bits per heavy atom. The molecule has 18 heavy (non-hydrogen) atoms. The van der Waals surface area contributed by atoms with Crippen molar-refractivity contribution in [2.24, 2.45) is 0 Å². The summed E-state index contributed by atoms with van der Waals surface area (Å²) in [7, 11) is 1.89. The normalized spacial score (nSPS) is 13.2. The maximum absolute atomic E-state index is 6.25. The van der Waals surface area contributed by atoms with Crippen LogP contribution in [0.2, 0.25) is 5.02 Å². The van der Waals surface area contributed by atoms with E-state index in [1.807, 2.05) is 30.8 Å². The van der Waals surface area contributed by atoms with Crippen LogP contribution < -0.4 is 5.32 Å². The lowest BCUT2D eigenvalue weighted by Gasteiger charge is -2.18. The van der Waals surface area contributed by atoms with E-state index in [1.54, 1.807) is 6.20 Å². The van der Waals surface area contributed by atoms with Gasteiger partial charge in [0.25, 0.3) is 0 Å². The van der Waals surface area contributed by atoms with Crippen molar-refractivity contribution in [1.29, 1.82) is 0 Å². The van der Waals surface area contributed by atoms with Crippen molar-refractivity contribution in [1.82, 2.24) is 15.1 Å². The third kappa shape index (κ3) is 2.31. The summed E-state index contributed by atoms with van der Waals surface area (Å²) in [5.41, 5.74) is 0.934. The average molecular weight is 268 g/mol. The first-order valence-corrected chi connectivity index (χ1v) is 6.39. The second-order valence-electron chi connectivity index (χ2n) is 4.59. The molecule has 0 radical (unpaired) electrons. The Hall–Kier alpha value is -1.26. The van der Waals surface area contributed by atoms with E-state index in [2.05, 4.69) is 24.3 Å². The fourth-order valence-electron chi connectivity index (χ4n) is 2.05. The average Bonchev–Trinajstić information content (AvgIpc) is 2.88. The van der Waals surface area contributed by atoms with Crippen molar-refractivity contribution in [3.63, 3.8) is 0 Å². The van der Waals surface area contributed by atoms with Gasteiger partial charge in [-0.1, -0.05) is 11.6 Å². The van der Waals surface area contributed by atoms with Crippen LogP contribution in [0.25, 0.3) is 0 Å². The van der Waals surface area contributed by atoms with Crippen LogP contribution in [0.15, 0.2) is 22.7 Å². The Morgan fingerprint density at radius 2 is 2.11 bits per heavy atom. The number of hydrogen-bond acceptors (Lipinski definition) is 3. The molecule has 4 nitrogen and oxygen atoms in total. The molecule has 98 valence electrons. The summed E-state index contributed by atoms with van der Waals surface area (Å²) in [5.74, 6) is 1.73. The third-order valence-corrected chi connectivity index (χ3v) is 3.18. The Bertz CT molecular complexity index is 530. The van der Waals surface area contributed by atoms with Gasteiger partial charge in [-0.2, -0.15) is 5.10 Å². The van der Waals surface area contributed by atoms with Crippen LogP contribution in [0.4, 0.5) is 0 Å². The lowest BCUT2D eigenvalue weighted by Crippen LogP contribution is -2.22. The minimum Gasteiger partial charge on any atom is -0.464 e. The molecule has 5 heteroatoms. The van der Waals surface area contributed by atoms with Gasteiger partial charge in [-0.15, -0.1) is 0 Å². The molecular formula is C13H18ClN3O. The highest BCUT2D eigenvalue weighted by Gasteiger charge is 2.24. The number of aryl methyl sites for hydroxylation is 1. The highest BCUT2D eigenvalue weighted by Crippen LogP contribution is 2.30. The molecule has 2 aromatic rings. The standard InChI is InChI=1S/C13H18ClN3O/c1-8(2)17-13(10(14)7-16-17)12(15-4)11-6-5-9(3)18-11/h5-8,12,15H,1-4H3. The molecule has 0 amide bonds. The van der Waals surface area contributed by atoms with Crippen LogP contribution in [0, 0.1) is 6.92 Å². The van der Waals surface area contributed by atoms with E-state index in [9.17, 15) is 0 Å². The second-order valence-corrected chi connectivity index (χ2v) is 4.99. The summed E-state index contributed by atoms with van der Waals surface area (Å²) in [5, 5.41) is 8.20. The van der Waals surface area contributed by atoms with Gasteiger partial charge in [0.2, 0.25) is 0 Å². The molecule has 0 aromatic carbocycles. The predicted octanol–water partition coefficient (Wildman–Crippen LogP) is 3.33. The van der Waals surface area contributed by atoms with Crippen LogP contribution in [-0.2, 0) is 0 Å². The third-order valence-electron chi connectivity index (χ3n) is 2.88. The molecule has 0 aliphatic heterocycles. The van der Waals surface area contributed by atoms with Gasteiger partial charge in [0.15, 0.2) is 0 Å². The molecular weight excluding hydrogens is 250 g/mol. The molecule has 0 fully saturated rings. The van der Waals surface area contributed by atoms with E-state index in [0.29, 0.717) is 5.02 Å². The molecule has 1 unspecified atom stereocenters.